The number of carbonyl (C=O) groups is 1. The monoisotopic (exact) mass is 282 g/mol. The molecule has 1 rings (SSSR count). The molecule has 2 N–H and O–H groups in total. The predicted octanol–water partition coefficient (Wildman–Crippen LogP) is 3.25. The third kappa shape index (κ3) is 4.96. The van der Waals surface area contributed by atoms with Crippen LogP contribution in [0.3, 0.4) is 0 Å². The number of carbonyl (C=O) groups excluding carboxylic acids is 1. The van der Waals surface area contributed by atoms with Crippen molar-refractivity contribution in [1.82, 2.24) is 4.90 Å². The van der Waals surface area contributed by atoms with Crippen molar-refractivity contribution in [1.29, 1.82) is 0 Å². The van der Waals surface area contributed by atoms with Crippen LogP contribution in [0.4, 0.5) is 0 Å². The van der Waals surface area contributed by atoms with Crippen LogP contribution >= 0.6 is 11.3 Å². The summed E-state index contributed by atoms with van der Waals surface area (Å²) in [6.07, 6.45) is 0.410. The van der Waals surface area contributed by atoms with E-state index in [1.807, 2.05) is 30.2 Å². The highest BCUT2D eigenvalue weighted by atomic mass is 32.1. The van der Waals surface area contributed by atoms with Gasteiger partial charge >= 0.3 is 0 Å². The van der Waals surface area contributed by atoms with E-state index in [2.05, 4.69) is 26.8 Å². The van der Waals surface area contributed by atoms with Crippen LogP contribution in [0.15, 0.2) is 17.5 Å². The Kier molecular flexibility index (Phi) is 5.56. The smallest absolute Gasteiger partial charge is 0.224 e. The normalized spacial score (nSPS) is 13.6. The van der Waals surface area contributed by atoms with Crippen LogP contribution in [-0.4, -0.2) is 22.9 Å². The van der Waals surface area contributed by atoms with Gasteiger partial charge < -0.3 is 10.6 Å². The van der Waals surface area contributed by atoms with Crippen LogP contribution in [0, 0.1) is 5.41 Å². The van der Waals surface area contributed by atoms with E-state index in [1.165, 1.54) is 4.88 Å². The first-order valence-corrected chi connectivity index (χ1v) is 7.67. The summed E-state index contributed by atoms with van der Waals surface area (Å²) in [5, 5.41) is 2.04. The van der Waals surface area contributed by atoms with Crippen LogP contribution in [0.1, 0.15) is 45.9 Å². The average Bonchev–Trinajstić information content (AvgIpc) is 2.76. The Morgan fingerprint density at radius 3 is 2.47 bits per heavy atom. The fourth-order valence-electron chi connectivity index (χ4n) is 1.74. The van der Waals surface area contributed by atoms with Crippen molar-refractivity contribution in [2.45, 2.75) is 59.7 Å². The first kappa shape index (κ1) is 16.2. The number of nitrogens with zero attached hydrogens (tertiary/aromatic N) is 1. The van der Waals surface area contributed by atoms with E-state index in [1.54, 1.807) is 11.3 Å². The average molecular weight is 282 g/mol. The second kappa shape index (κ2) is 6.53. The third-order valence-electron chi connectivity index (χ3n) is 3.36. The van der Waals surface area contributed by atoms with E-state index in [0.717, 1.165) is 0 Å². The number of thiophene rings is 1. The van der Waals surface area contributed by atoms with E-state index >= 15 is 0 Å². The summed E-state index contributed by atoms with van der Waals surface area (Å²) in [5.41, 5.74) is 6.08. The van der Waals surface area contributed by atoms with Gasteiger partial charge in [-0.2, -0.15) is 0 Å². The third-order valence-corrected chi connectivity index (χ3v) is 4.22. The highest BCUT2D eigenvalue weighted by Gasteiger charge is 2.26. The molecule has 0 aliphatic rings. The van der Waals surface area contributed by atoms with Crippen LogP contribution < -0.4 is 5.73 Å². The quantitative estimate of drug-likeness (QED) is 0.901. The molecule has 1 heterocycles. The fraction of sp³-hybridized carbons (Fsp3) is 0.667. The molecule has 0 saturated carbocycles. The molecule has 0 aromatic carbocycles. The lowest BCUT2D eigenvalue weighted by atomic mass is 9.85. The van der Waals surface area contributed by atoms with E-state index in [4.69, 9.17) is 5.73 Å². The molecule has 0 fully saturated rings. The van der Waals surface area contributed by atoms with Gasteiger partial charge in [-0.1, -0.05) is 26.8 Å². The van der Waals surface area contributed by atoms with Gasteiger partial charge in [0.2, 0.25) is 5.91 Å². The number of amides is 1. The lowest BCUT2D eigenvalue weighted by Crippen LogP contribution is -2.43. The summed E-state index contributed by atoms with van der Waals surface area (Å²) in [4.78, 5) is 15.5. The lowest BCUT2D eigenvalue weighted by Gasteiger charge is -2.31. The molecular weight excluding hydrogens is 256 g/mol. The van der Waals surface area contributed by atoms with Gasteiger partial charge in [0.25, 0.3) is 0 Å². The van der Waals surface area contributed by atoms with Crippen LogP contribution in [0.25, 0.3) is 0 Å². The summed E-state index contributed by atoms with van der Waals surface area (Å²) in [5.74, 6) is 0.144. The maximum atomic E-state index is 12.4. The van der Waals surface area contributed by atoms with Gasteiger partial charge in [-0.15, -0.1) is 11.3 Å². The lowest BCUT2D eigenvalue weighted by molar-refractivity contribution is -0.134. The Morgan fingerprint density at radius 1 is 1.42 bits per heavy atom. The minimum Gasteiger partial charge on any atom is -0.335 e. The van der Waals surface area contributed by atoms with Crippen molar-refractivity contribution < 1.29 is 4.79 Å². The zero-order chi connectivity index (χ0) is 14.6. The van der Waals surface area contributed by atoms with Crippen molar-refractivity contribution >= 4 is 17.2 Å². The summed E-state index contributed by atoms with van der Waals surface area (Å²) < 4.78 is 0. The second-order valence-electron chi connectivity index (χ2n) is 6.37. The van der Waals surface area contributed by atoms with Gasteiger partial charge in [-0.05, 0) is 30.7 Å². The topological polar surface area (TPSA) is 46.3 Å². The molecule has 4 heteroatoms. The zero-order valence-electron chi connectivity index (χ0n) is 12.6. The number of hydrogen-bond acceptors (Lipinski definition) is 3. The minimum absolute atomic E-state index is 0.0404. The number of hydrogen-bond donors (Lipinski definition) is 1. The van der Waals surface area contributed by atoms with Crippen molar-refractivity contribution in [3.63, 3.8) is 0 Å². The van der Waals surface area contributed by atoms with Gasteiger partial charge in [0.05, 0.1) is 6.54 Å². The number of nitrogens with two attached hydrogens (primary N) is 1. The van der Waals surface area contributed by atoms with Crippen molar-refractivity contribution in [3.8, 4) is 0 Å². The van der Waals surface area contributed by atoms with E-state index in [9.17, 15) is 4.79 Å². The summed E-state index contributed by atoms with van der Waals surface area (Å²) in [6, 6.07) is 4.17. The molecule has 3 nitrogen and oxygen atoms in total. The molecular formula is C15H26N2OS. The van der Waals surface area contributed by atoms with Crippen molar-refractivity contribution in [2.24, 2.45) is 11.1 Å². The molecule has 1 aromatic heterocycles. The SMILES string of the molecule is CC(C)N(Cc1cccs1)C(=O)CC(N)C(C)(C)C. The minimum atomic E-state index is -0.107. The van der Waals surface area contributed by atoms with Gasteiger partial charge in [-0.25, -0.2) is 0 Å². The molecule has 0 aliphatic carbocycles. The van der Waals surface area contributed by atoms with E-state index in [-0.39, 0.29) is 23.4 Å². The Balaban J connectivity index is 2.69. The first-order valence-electron chi connectivity index (χ1n) is 6.79. The second-order valence-corrected chi connectivity index (χ2v) is 7.40. The molecule has 0 saturated heterocycles. The summed E-state index contributed by atoms with van der Waals surface area (Å²) >= 11 is 1.69. The highest BCUT2D eigenvalue weighted by Crippen LogP contribution is 2.22. The standard InChI is InChI=1S/C15H26N2OS/c1-11(2)17(10-12-7-6-8-19-12)14(18)9-13(16)15(3,4)5/h6-8,11,13H,9-10,16H2,1-5H3. The van der Waals surface area contributed by atoms with Crippen LogP contribution in [-0.2, 0) is 11.3 Å². The van der Waals surface area contributed by atoms with Crippen molar-refractivity contribution in [2.75, 3.05) is 0 Å². The van der Waals surface area contributed by atoms with Gasteiger partial charge in [0.15, 0.2) is 0 Å². The molecule has 19 heavy (non-hydrogen) atoms. The Morgan fingerprint density at radius 2 is 2.05 bits per heavy atom. The van der Waals surface area contributed by atoms with Gasteiger partial charge in [0.1, 0.15) is 0 Å². The first-order chi connectivity index (χ1) is 8.71. The van der Waals surface area contributed by atoms with Gasteiger partial charge in [-0.3, -0.25) is 4.79 Å². The highest BCUT2D eigenvalue weighted by molar-refractivity contribution is 7.09. The Bertz CT molecular complexity index is 393. The Labute approximate surface area is 120 Å². The number of rotatable bonds is 5. The maximum Gasteiger partial charge on any atom is 0.224 e. The molecule has 0 spiro atoms. The molecule has 0 bridgehead atoms. The molecule has 1 amide bonds. The molecule has 1 atom stereocenters. The fourth-order valence-corrected chi connectivity index (χ4v) is 2.44. The van der Waals surface area contributed by atoms with E-state index < -0.39 is 0 Å². The maximum absolute atomic E-state index is 12.4. The largest absolute Gasteiger partial charge is 0.335 e. The van der Waals surface area contributed by atoms with Gasteiger partial charge in [0, 0.05) is 23.4 Å². The van der Waals surface area contributed by atoms with Crippen LogP contribution in [0.5, 0.6) is 0 Å². The van der Waals surface area contributed by atoms with Crippen LogP contribution in [0.2, 0.25) is 0 Å². The predicted molar refractivity (Wildman–Crippen MR) is 82.1 cm³/mol. The summed E-state index contributed by atoms with van der Waals surface area (Å²) in [6.45, 7) is 11.0. The van der Waals surface area contributed by atoms with Crippen molar-refractivity contribution in [3.05, 3.63) is 22.4 Å². The molecule has 0 aliphatic heterocycles. The Hall–Kier alpha value is -0.870. The molecule has 1 unspecified atom stereocenters. The van der Waals surface area contributed by atoms with E-state index in [0.29, 0.717) is 13.0 Å². The zero-order valence-corrected chi connectivity index (χ0v) is 13.5. The summed E-state index contributed by atoms with van der Waals surface area (Å²) in [7, 11) is 0. The molecule has 108 valence electrons. The molecule has 0 radical (unpaired) electrons. The molecule has 1 aromatic rings.